The van der Waals surface area contributed by atoms with Crippen molar-refractivity contribution >= 4 is 30.5 Å². The second-order valence-corrected chi connectivity index (χ2v) is 10.2. The van der Waals surface area contributed by atoms with Gasteiger partial charge in [-0.1, -0.05) is 18.2 Å². The number of anilines is 1. The number of aromatic nitrogens is 4. The number of hydrogen-bond acceptors (Lipinski definition) is 10. The molecule has 14 heteroatoms. The predicted octanol–water partition coefficient (Wildman–Crippen LogP) is 3.29. The summed E-state index contributed by atoms with van der Waals surface area (Å²) in [5.41, 5.74) is 6.36. The lowest BCUT2D eigenvalue weighted by Crippen LogP contribution is -2.37. The van der Waals surface area contributed by atoms with E-state index in [9.17, 15) is 13.8 Å². The van der Waals surface area contributed by atoms with Crippen LogP contribution in [0.15, 0.2) is 54.9 Å². The molecular weight excluding hydrogens is 494 g/mol. The van der Waals surface area contributed by atoms with Crippen LogP contribution in [-0.2, 0) is 23.6 Å². The van der Waals surface area contributed by atoms with E-state index in [-0.39, 0.29) is 23.3 Å². The minimum Gasteiger partial charge on any atom is -0.462 e. The third-order valence-corrected chi connectivity index (χ3v) is 6.71. The van der Waals surface area contributed by atoms with E-state index in [1.165, 1.54) is 24.1 Å². The fourth-order valence-corrected chi connectivity index (χ4v) is 5.05. The van der Waals surface area contributed by atoms with Crippen molar-refractivity contribution in [3.05, 3.63) is 54.9 Å². The zero-order valence-electron chi connectivity index (χ0n) is 19.8. The molecule has 0 saturated heterocycles. The third kappa shape index (κ3) is 5.88. The smallest absolute Gasteiger partial charge is 0.342 e. The van der Waals surface area contributed by atoms with Gasteiger partial charge in [-0.05, 0) is 32.9 Å². The molecule has 1 aromatic carbocycles. The number of nitrogens with two attached hydrogens (primary N) is 1. The fraction of sp³-hybridized carbons (Fsp3) is 0.364. The molecule has 4 atom stereocenters. The maximum absolute atomic E-state index is 14.8. The number of hydrogen-bond donors (Lipinski definition) is 2. The number of para-hydroxylation sites is 1. The molecule has 0 aliphatic carbocycles. The van der Waals surface area contributed by atoms with Crippen LogP contribution in [0.4, 0.5) is 10.2 Å². The summed E-state index contributed by atoms with van der Waals surface area (Å²) in [6.07, 6.45) is 0.310. The minimum atomic E-state index is -3.85. The Morgan fingerprint density at radius 2 is 2.00 bits per heavy atom. The first-order valence-corrected chi connectivity index (χ1v) is 12.9. The Labute approximate surface area is 206 Å². The first kappa shape index (κ1) is 25.7. The van der Waals surface area contributed by atoms with Crippen LogP contribution >= 0.6 is 7.52 Å². The molecule has 0 fully saturated rings. The highest BCUT2D eigenvalue weighted by molar-refractivity contribution is 7.57. The van der Waals surface area contributed by atoms with Crippen molar-refractivity contribution < 1.29 is 32.5 Å². The van der Waals surface area contributed by atoms with Crippen LogP contribution in [0.5, 0.6) is 5.75 Å². The van der Waals surface area contributed by atoms with Gasteiger partial charge in [0.05, 0.1) is 12.4 Å². The Hall–Kier alpha value is -3.38. The van der Waals surface area contributed by atoms with E-state index in [0.717, 1.165) is 6.08 Å². The van der Waals surface area contributed by atoms with Crippen LogP contribution in [-0.4, -0.2) is 50.3 Å². The Morgan fingerprint density at radius 1 is 1.25 bits per heavy atom. The number of fused-ring (bicyclic) bond motifs is 1. The van der Waals surface area contributed by atoms with Crippen molar-refractivity contribution in [2.75, 3.05) is 12.1 Å². The number of benzene rings is 1. The average Bonchev–Trinajstić information content (AvgIpc) is 3.41. The van der Waals surface area contributed by atoms with Crippen molar-refractivity contribution in [1.82, 2.24) is 24.6 Å². The average molecular weight is 520 g/mol. The molecule has 1 aliphatic heterocycles. The van der Waals surface area contributed by atoms with E-state index in [2.05, 4.69) is 20.0 Å². The largest absolute Gasteiger partial charge is 0.462 e. The summed E-state index contributed by atoms with van der Waals surface area (Å²) in [6.45, 7) is 4.89. The summed E-state index contributed by atoms with van der Waals surface area (Å²) in [7, 11) is -3.85. The molecule has 3 aromatic rings. The number of nitrogens with zero attached hydrogens (tertiary/aromatic N) is 4. The number of halogens is 1. The van der Waals surface area contributed by atoms with E-state index < -0.39 is 44.2 Å². The molecule has 3 heterocycles. The first-order valence-electron chi connectivity index (χ1n) is 11.0. The van der Waals surface area contributed by atoms with Gasteiger partial charge in [-0.15, -0.1) is 0 Å². The van der Waals surface area contributed by atoms with Crippen LogP contribution in [0.3, 0.4) is 0 Å². The number of carbonyl (C=O) groups is 1. The van der Waals surface area contributed by atoms with E-state index in [0.29, 0.717) is 5.52 Å². The maximum Gasteiger partial charge on any atom is 0.342 e. The summed E-state index contributed by atoms with van der Waals surface area (Å²) in [5.74, 6) is -0.852. The number of nitrogens with one attached hydrogen (secondary N) is 1. The van der Waals surface area contributed by atoms with Gasteiger partial charge in [0.2, 0.25) is 0 Å². The van der Waals surface area contributed by atoms with E-state index >= 15 is 0 Å². The highest BCUT2D eigenvalue weighted by atomic mass is 31.2. The quantitative estimate of drug-likeness (QED) is 0.299. The van der Waals surface area contributed by atoms with Crippen molar-refractivity contribution in [3.8, 4) is 5.75 Å². The van der Waals surface area contributed by atoms with Gasteiger partial charge in [0.15, 0.2) is 36.2 Å². The molecule has 2 aromatic heterocycles. The zero-order valence-corrected chi connectivity index (χ0v) is 20.7. The summed E-state index contributed by atoms with van der Waals surface area (Å²) in [5, 5.41) is 2.67. The van der Waals surface area contributed by atoms with Crippen LogP contribution in [0.2, 0.25) is 0 Å². The number of ether oxygens (including phenoxy) is 3. The number of rotatable bonds is 10. The molecule has 0 bridgehead atoms. The molecule has 2 unspecified atom stereocenters. The van der Waals surface area contributed by atoms with Gasteiger partial charge >= 0.3 is 13.5 Å². The van der Waals surface area contributed by atoms with Crippen molar-refractivity contribution in [3.63, 3.8) is 0 Å². The first-order chi connectivity index (χ1) is 17.1. The van der Waals surface area contributed by atoms with Crippen molar-refractivity contribution in [2.45, 2.75) is 45.4 Å². The number of carbonyl (C=O) groups excluding carboxylic acids is 1. The van der Waals surface area contributed by atoms with Gasteiger partial charge in [0.1, 0.15) is 23.6 Å². The van der Waals surface area contributed by atoms with Crippen LogP contribution in [0.25, 0.3) is 11.2 Å². The molecule has 0 saturated carbocycles. The Bertz CT molecular complexity index is 1300. The maximum atomic E-state index is 14.8. The standard InChI is InChI=1S/C22H26FN6O6P/c1-13(2)33-22(30)14(3)28-36(31,35-15-7-5-4-6-8-15)12-32-17-9-16(23)21(34-17)29-11-27-18-19(24)25-10-26-20(18)29/h4-11,13-14,17,21H,12H2,1-3H3,(H,28,31)(H2,24,25,26)/t14-,17-,21?,36?/m0/s1. The fourth-order valence-electron chi connectivity index (χ4n) is 3.37. The molecule has 12 nitrogen and oxygen atoms in total. The molecule has 0 radical (unpaired) electrons. The SMILES string of the molecule is CC(C)OC(=O)[C@H](C)NP(=O)(CO[C@@H]1C=C(F)C(n2cnc3c(N)ncnc32)O1)Oc1ccccc1. The molecular formula is C22H26FN6O6P. The molecule has 0 amide bonds. The molecule has 3 N–H and O–H groups in total. The molecule has 192 valence electrons. The Balaban J connectivity index is 1.47. The van der Waals surface area contributed by atoms with E-state index in [4.69, 9.17) is 24.5 Å². The van der Waals surface area contributed by atoms with Crippen molar-refractivity contribution in [2.24, 2.45) is 0 Å². The monoisotopic (exact) mass is 520 g/mol. The van der Waals surface area contributed by atoms with Gasteiger partial charge < -0.3 is 24.5 Å². The topological polar surface area (TPSA) is 153 Å². The van der Waals surface area contributed by atoms with E-state index in [1.54, 1.807) is 44.2 Å². The zero-order chi connectivity index (χ0) is 25.9. The van der Waals surface area contributed by atoms with Gasteiger partial charge in [-0.2, -0.15) is 0 Å². The van der Waals surface area contributed by atoms with E-state index in [1.807, 2.05) is 0 Å². The third-order valence-electron chi connectivity index (χ3n) is 4.93. The normalized spacial score (nSPS) is 20.2. The molecule has 1 aliphatic rings. The minimum absolute atomic E-state index is 0.143. The lowest BCUT2D eigenvalue weighted by atomic mass is 10.3. The highest BCUT2D eigenvalue weighted by Gasteiger charge is 2.36. The highest BCUT2D eigenvalue weighted by Crippen LogP contribution is 2.45. The second-order valence-electron chi connectivity index (χ2n) is 8.20. The summed E-state index contributed by atoms with van der Waals surface area (Å²) in [4.78, 5) is 24.3. The molecule has 4 rings (SSSR count). The lowest BCUT2D eigenvalue weighted by Gasteiger charge is -2.25. The van der Waals surface area contributed by atoms with Crippen LogP contribution < -0.4 is 15.3 Å². The van der Waals surface area contributed by atoms with Crippen LogP contribution in [0, 0.1) is 0 Å². The molecule has 0 spiro atoms. The van der Waals surface area contributed by atoms with Crippen LogP contribution in [0.1, 0.15) is 27.0 Å². The Kier molecular flexibility index (Phi) is 7.65. The van der Waals surface area contributed by atoms with Crippen molar-refractivity contribution in [1.29, 1.82) is 0 Å². The Morgan fingerprint density at radius 3 is 2.72 bits per heavy atom. The number of esters is 1. The summed E-state index contributed by atoms with van der Waals surface area (Å²) >= 11 is 0. The molecule has 36 heavy (non-hydrogen) atoms. The number of nitrogen functional groups attached to an aromatic ring is 1. The lowest BCUT2D eigenvalue weighted by molar-refractivity contribution is -0.149. The second kappa shape index (κ2) is 10.7. The number of imidazole rings is 1. The van der Waals surface area contributed by atoms with Gasteiger partial charge in [0.25, 0.3) is 0 Å². The summed E-state index contributed by atoms with van der Waals surface area (Å²) < 4.78 is 51.9. The summed E-state index contributed by atoms with van der Waals surface area (Å²) in [6, 6.07) is 7.40. The van der Waals surface area contributed by atoms with Gasteiger partial charge in [-0.3, -0.25) is 13.9 Å². The van der Waals surface area contributed by atoms with Gasteiger partial charge in [0, 0.05) is 6.08 Å². The predicted molar refractivity (Wildman–Crippen MR) is 127 cm³/mol. The van der Waals surface area contributed by atoms with Gasteiger partial charge in [-0.25, -0.2) is 24.4 Å².